The number of nitrogens with zero attached hydrogens (tertiary/aromatic N) is 2. The number of hydrogen-bond acceptors (Lipinski definition) is 3. The van der Waals surface area contributed by atoms with E-state index in [4.69, 9.17) is 5.11 Å². The Morgan fingerprint density at radius 3 is 2.72 bits per heavy atom. The molecule has 2 rings (SSSR count). The molecule has 0 spiro atoms. The highest BCUT2D eigenvalue weighted by Gasteiger charge is 2.12. The van der Waals surface area contributed by atoms with Gasteiger partial charge >= 0.3 is 6.09 Å². The maximum absolute atomic E-state index is 10.7. The van der Waals surface area contributed by atoms with Gasteiger partial charge in [0, 0.05) is 18.9 Å². The minimum absolute atomic E-state index is 0.333. The molecule has 5 nitrogen and oxygen atoms in total. The second-order valence-electron chi connectivity index (χ2n) is 4.06. The first-order valence-electron chi connectivity index (χ1n) is 5.60. The number of allylic oxidation sites excluding steroid dienone is 2. The fourth-order valence-electron chi connectivity index (χ4n) is 1.67. The molecule has 0 saturated carbocycles. The van der Waals surface area contributed by atoms with Gasteiger partial charge in [-0.3, -0.25) is 9.88 Å². The maximum Gasteiger partial charge on any atom is 0.411 e. The number of rotatable bonds is 2. The molecule has 94 valence electrons. The van der Waals surface area contributed by atoms with E-state index < -0.39 is 12.2 Å². The van der Waals surface area contributed by atoms with Crippen LogP contribution in [-0.2, 0) is 0 Å². The molecule has 2 N–H and O–H groups in total. The zero-order valence-corrected chi connectivity index (χ0v) is 9.95. The van der Waals surface area contributed by atoms with Gasteiger partial charge in [-0.1, -0.05) is 12.1 Å². The first kappa shape index (κ1) is 12.3. The van der Waals surface area contributed by atoms with E-state index in [0.29, 0.717) is 12.2 Å². The number of aromatic nitrogens is 1. The molecule has 1 aliphatic heterocycles. The standard InChI is InChI=1S/C13H14N2O3/c1-9(16)12-3-2-11(8-14-12)10-4-6-15(7-5-10)13(17)18/h2-6,8-9,16H,7H2,1H3,(H,17,18). The average molecular weight is 246 g/mol. The Morgan fingerprint density at radius 2 is 2.28 bits per heavy atom. The van der Waals surface area contributed by atoms with E-state index in [1.807, 2.05) is 12.1 Å². The summed E-state index contributed by atoms with van der Waals surface area (Å²) >= 11 is 0. The summed E-state index contributed by atoms with van der Waals surface area (Å²) in [4.78, 5) is 16.1. The summed E-state index contributed by atoms with van der Waals surface area (Å²) in [6.45, 7) is 1.99. The zero-order valence-electron chi connectivity index (χ0n) is 9.95. The second kappa shape index (κ2) is 5.01. The van der Waals surface area contributed by atoms with Crippen LogP contribution in [0, 0.1) is 0 Å². The largest absolute Gasteiger partial charge is 0.465 e. The Kier molecular flexibility index (Phi) is 3.43. The first-order valence-corrected chi connectivity index (χ1v) is 5.60. The average Bonchev–Trinajstić information content (AvgIpc) is 2.39. The third-order valence-corrected chi connectivity index (χ3v) is 2.74. The summed E-state index contributed by atoms with van der Waals surface area (Å²) in [7, 11) is 0. The molecule has 1 aliphatic rings. The molecular weight excluding hydrogens is 232 g/mol. The zero-order chi connectivity index (χ0) is 13.1. The van der Waals surface area contributed by atoms with Gasteiger partial charge in [0.15, 0.2) is 0 Å². The summed E-state index contributed by atoms with van der Waals surface area (Å²) < 4.78 is 0. The van der Waals surface area contributed by atoms with Crippen molar-refractivity contribution in [3.8, 4) is 0 Å². The molecular formula is C13H14N2O3. The third-order valence-electron chi connectivity index (χ3n) is 2.74. The van der Waals surface area contributed by atoms with Crippen molar-refractivity contribution in [3.05, 3.63) is 47.9 Å². The lowest BCUT2D eigenvalue weighted by molar-refractivity contribution is 0.166. The monoisotopic (exact) mass is 246 g/mol. The molecule has 1 unspecified atom stereocenters. The number of aliphatic hydroxyl groups excluding tert-OH is 1. The number of aliphatic hydroxyl groups is 1. The molecule has 18 heavy (non-hydrogen) atoms. The minimum Gasteiger partial charge on any atom is -0.465 e. The van der Waals surface area contributed by atoms with Crippen LogP contribution in [0.1, 0.15) is 24.3 Å². The van der Waals surface area contributed by atoms with Crippen molar-refractivity contribution < 1.29 is 15.0 Å². The van der Waals surface area contributed by atoms with Gasteiger partial charge in [-0.05, 0) is 30.2 Å². The Hall–Kier alpha value is -2.14. The van der Waals surface area contributed by atoms with Crippen molar-refractivity contribution in [3.63, 3.8) is 0 Å². The fourth-order valence-corrected chi connectivity index (χ4v) is 1.67. The van der Waals surface area contributed by atoms with Crippen LogP contribution >= 0.6 is 0 Å². The van der Waals surface area contributed by atoms with Crippen molar-refractivity contribution >= 4 is 11.7 Å². The molecule has 1 amide bonds. The maximum atomic E-state index is 10.7. The van der Waals surface area contributed by atoms with Crippen LogP contribution < -0.4 is 0 Å². The quantitative estimate of drug-likeness (QED) is 0.837. The SMILES string of the molecule is CC(O)c1ccc(C2=CCN(C(=O)O)C=C2)cn1. The van der Waals surface area contributed by atoms with Gasteiger partial charge < -0.3 is 10.2 Å². The van der Waals surface area contributed by atoms with Crippen LogP contribution in [0.2, 0.25) is 0 Å². The molecule has 0 radical (unpaired) electrons. The highest BCUT2D eigenvalue weighted by atomic mass is 16.4. The second-order valence-corrected chi connectivity index (χ2v) is 4.06. The molecule has 0 saturated heterocycles. The Labute approximate surface area is 105 Å². The number of amides is 1. The Bertz CT molecular complexity index is 503. The van der Waals surface area contributed by atoms with Crippen LogP contribution in [0.15, 0.2) is 36.7 Å². The predicted octanol–water partition coefficient (Wildman–Crippen LogP) is 2.03. The van der Waals surface area contributed by atoms with Crippen molar-refractivity contribution in [1.29, 1.82) is 0 Å². The number of pyridine rings is 1. The van der Waals surface area contributed by atoms with Crippen LogP contribution in [0.3, 0.4) is 0 Å². The molecule has 0 bridgehead atoms. The van der Waals surface area contributed by atoms with E-state index in [-0.39, 0.29) is 0 Å². The van der Waals surface area contributed by atoms with E-state index in [9.17, 15) is 9.90 Å². The Morgan fingerprint density at radius 1 is 1.50 bits per heavy atom. The van der Waals surface area contributed by atoms with Crippen molar-refractivity contribution in [2.24, 2.45) is 0 Å². The molecule has 1 atom stereocenters. The van der Waals surface area contributed by atoms with Gasteiger partial charge in [0.05, 0.1) is 11.8 Å². The predicted molar refractivity (Wildman–Crippen MR) is 66.7 cm³/mol. The van der Waals surface area contributed by atoms with E-state index in [1.54, 1.807) is 25.3 Å². The van der Waals surface area contributed by atoms with E-state index in [1.165, 1.54) is 11.1 Å². The highest BCUT2D eigenvalue weighted by molar-refractivity contribution is 5.77. The molecule has 1 aromatic rings. The number of carbonyl (C=O) groups is 1. The van der Waals surface area contributed by atoms with Crippen molar-refractivity contribution in [1.82, 2.24) is 9.88 Å². The van der Waals surface area contributed by atoms with Crippen LogP contribution in [0.5, 0.6) is 0 Å². The minimum atomic E-state index is -0.968. The van der Waals surface area contributed by atoms with Gasteiger partial charge in [0.25, 0.3) is 0 Å². The van der Waals surface area contributed by atoms with Gasteiger partial charge in [-0.15, -0.1) is 0 Å². The topological polar surface area (TPSA) is 73.7 Å². The normalized spacial score (nSPS) is 16.3. The van der Waals surface area contributed by atoms with Gasteiger partial charge in [-0.2, -0.15) is 0 Å². The van der Waals surface area contributed by atoms with Crippen molar-refractivity contribution in [2.75, 3.05) is 6.54 Å². The molecule has 0 aromatic carbocycles. The van der Waals surface area contributed by atoms with Crippen LogP contribution in [0.4, 0.5) is 4.79 Å². The summed E-state index contributed by atoms with van der Waals surface area (Å²) in [5, 5.41) is 18.2. The fraction of sp³-hybridized carbons (Fsp3) is 0.231. The molecule has 0 fully saturated rings. The van der Waals surface area contributed by atoms with Crippen LogP contribution in [-0.4, -0.2) is 32.7 Å². The third kappa shape index (κ3) is 2.57. The van der Waals surface area contributed by atoms with E-state index in [2.05, 4.69) is 4.98 Å². The van der Waals surface area contributed by atoms with Gasteiger partial charge in [0.1, 0.15) is 0 Å². The number of carboxylic acid groups (broad SMARTS) is 1. The molecule has 5 heteroatoms. The lowest BCUT2D eigenvalue weighted by atomic mass is 10.1. The van der Waals surface area contributed by atoms with Gasteiger partial charge in [0.2, 0.25) is 0 Å². The van der Waals surface area contributed by atoms with Crippen LogP contribution in [0.25, 0.3) is 5.57 Å². The smallest absolute Gasteiger partial charge is 0.411 e. The summed E-state index contributed by atoms with van der Waals surface area (Å²) in [6, 6.07) is 3.62. The molecule has 1 aromatic heterocycles. The first-order chi connectivity index (χ1) is 8.58. The molecule has 2 heterocycles. The molecule has 0 aliphatic carbocycles. The van der Waals surface area contributed by atoms with Crippen molar-refractivity contribution in [2.45, 2.75) is 13.0 Å². The summed E-state index contributed by atoms with van der Waals surface area (Å²) in [5.41, 5.74) is 2.45. The summed E-state index contributed by atoms with van der Waals surface area (Å²) in [5.74, 6) is 0. The lowest BCUT2D eigenvalue weighted by Gasteiger charge is -2.17. The Balaban J connectivity index is 2.14. The lowest BCUT2D eigenvalue weighted by Crippen LogP contribution is -2.25. The summed E-state index contributed by atoms with van der Waals surface area (Å²) in [6.07, 6.45) is 5.21. The number of hydrogen-bond donors (Lipinski definition) is 2. The van der Waals surface area contributed by atoms with E-state index in [0.717, 1.165) is 11.1 Å². The van der Waals surface area contributed by atoms with E-state index >= 15 is 0 Å². The van der Waals surface area contributed by atoms with Gasteiger partial charge in [-0.25, -0.2) is 4.79 Å². The highest BCUT2D eigenvalue weighted by Crippen LogP contribution is 2.20.